The van der Waals surface area contributed by atoms with Gasteiger partial charge in [0.15, 0.2) is 0 Å². The van der Waals surface area contributed by atoms with Gasteiger partial charge in [0.1, 0.15) is 0 Å². The lowest BCUT2D eigenvalue weighted by atomic mass is 15.9. The second kappa shape index (κ2) is 4.34. The van der Waals surface area contributed by atoms with Gasteiger partial charge in [0.25, 0.3) is 0 Å². The molecule has 0 amide bonds. The Morgan fingerprint density at radius 2 is 1.29 bits per heavy atom. The van der Waals surface area contributed by atoms with Crippen LogP contribution in [-0.4, -0.2) is 23.9 Å². The Kier molecular flexibility index (Phi) is 9.73. The number of rotatable bonds is 0. The van der Waals surface area contributed by atoms with Crippen LogP contribution in [0.15, 0.2) is 0 Å². The molecule has 7 heavy (non-hydrogen) atoms. The van der Waals surface area contributed by atoms with E-state index >= 15 is 0 Å². The molecular weight excluding hydrogens is 144 g/mol. The fourth-order valence-electron chi connectivity index (χ4n) is 0. The van der Waals surface area contributed by atoms with Crippen LogP contribution in [0.3, 0.4) is 0 Å². The Morgan fingerprint density at radius 1 is 1.29 bits per heavy atom. The maximum absolute atomic E-state index is 9.05. The van der Waals surface area contributed by atoms with Crippen molar-refractivity contribution in [1.82, 2.24) is 0 Å². The lowest BCUT2D eigenvalue weighted by Crippen LogP contribution is -1.78. The van der Waals surface area contributed by atoms with Gasteiger partial charge in [0, 0.05) is 0 Å². The van der Waals surface area contributed by atoms with Crippen LogP contribution in [0.25, 0.3) is 0 Å². The first kappa shape index (κ1) is 15.7. The topological polar surface area (TPSA) is 117 Å². The predicted molar refractivity (Wildman–Crippen MR) is 27.8 cm³/mol. The average molecular weight is 150 g/mol. The Bertz CT molecular complexity index is 89.2. The van der Waals surface area contributed by atoms with Gasteiger partial charge in [-0.2, -0.15) is 8.42 Å². The summed E-state index contributed by atoms with van der Waals surface area (Å²) in [6, 6.07) is 0. The van der Waals surface area contributed by atoms with E-state index in [4.69, 9.17) is 13.0 Å². The van der Waals surface area contributed by atoms with Crippen molar-refractivity contribution in [3.05, 3.63) is 0 Å². The van der Waals surface area contributed by atoms with Crippen molar-refractivity contribution in [1.29, 1.82) is 0 Å². The van der Waals surface area contributed by atoms with Crippen LogP contribution in [0.5, 0.6) is 0 Å². The molecule has 0 aliphatic rings. The second-order valence-electron chi connectivity index (χ2n) is 0.448. The van der Waals surface area contributed by atoms with Crippen molar-refractivity contribution in [3.63, 3.8) is 0 Å². The largest absolute Gasteiger partial charge is 0.412 e. The summed E-state index contributed by atoms with van der Waals surface area (Å²) in [5.41, 5.74) is 0. The molecule has 48 valence electrons. The second-order valence-corrected chi connectivity index (χ2v) is 2.73. The van der Waals surface area contributed by atoms with E-state index in [1.165, 1.54) is 0 Å². The summed E-state index contributed by atoms with van der Waals surface area (Å²) in [6.07, 6.45) is 0. The lowest BCUT2D eigenvalue weighted by molar-refractivity contribution is 0.503. The summed E-state index contributed by atoms with van der Waals surface area (Å²) in [6.45, 7) is 0. The molecule has 0 aliphatic heterocycles. The molecule has 0 aromatic rings. The lowest BCUT2D eigenvalue weighted by Gasteiger charge is -1.67. The third-order valence-corrected chi connectivity index (χ3v) is 0. The van der Waals surface area contributed by atoms with Crippen LogP contribution >= 0.6 is 11.7 Å². The molecule has 0 fully saturated rings. The Labute approximate surface area is 45.5 Å². The Hall–Kier alpha value is 0.180. The smallest absolute Gasteiger partial charge is 0.316 e. The fourth-order valence-corrected chi connectivity index (χ4v) is 0. The molecule has 0 unspecified atom stereocenters. The van der Waals surface area contributed by atoms with E-state index in [-0.39, 0.29) is 11.0 Å². The molecule has 5 N–H and O–H groups in total. The first-order valence-corrected chi connectivity index (χ1v) is 3.19. The minimum atomic E-state index is -3.97. The summed E-state index contributed by atoms with van der Waals surface area (Å²) in [5.74, 6) is 0. The quantitative estimate of drug-likeness (QED) is 0.238. The maximum atomic E-state index is 9.05. The normalized spacial score (nSPS) is 8.29. The molecule has 0 saturated carbocycles. The zero-order valence-corrected chi connectivity index (χ0v) is 4.83. The van der Waals surface area contributed by atoms with E-state index in [2.05, 4.69) is 11.7 Å². The van der Waals surface area contributed by atoms with Gasteiger partial charge < -0.3 is 11.0 Å². The van der Waals surface area contributed by atoms with Gasteiger partial charge in [-0.3, -0.25) is 4.55 Å². The number of hydrogen-bond acceptors (Lipinski definition) is 2. The van der Waals surface area contributed by atoms with Crippen molar-refractivity contribution >= 4 is 20.8 Å². The van der Waals surface area contributed by atoms with Crippen molar-refractivity contribution in [2.24, 2.45) is 0 Å². The van der Waals surface area contributed by atoms with E-state index < -0.39 is 9.15 Å². The third kappa shape index (κ3) is 3330. The summed E-state index contributed by atoms with van der Waals surface area (Å²) >= 11 is 2.65. The molecule has 0 bridgehead atoms. The van der Waals surface area contributed by atoms with Crippen molar-refractivity contribution < 1.29 is 23.9 Å². The minimum Gasteiger partial charge on any atom is -0.412 e. The van der Waals surface area contributed by atoms with E-state index in [1.54, 1.807) is 0 Å². The molecular formula is H6O5S2. The third-order valence-electron chi connectivity index (χ3n) is 0. The zero-order valence-electron chi connectivity index (χ0n) is 3.12. The molecule has 0 saturated heterocycles. The van der Waals surface area contributed by atoms with Crippen molar-refractivity contribution in [2.45, 2.75) is 0 Å². The Morgan fingerprint density at radius 3 is 1.29 bits per heavy atom. The molecule has 0 aliphatic carbocycles. The van der Waals surface area contributed by atoms with Gasteiger partial charge in [-0.15, -0.1) is 0 Å². The molecule has 0 rings (SSSR count). The summed E-state index contributed by atoms with van der Waals surface area (Å²) in [5, 5.41) is 0. The van der Waals surface area contributed by atoms with Crippen LogP contribution in [0.4, 0.5) is 0 Å². The van der Waals surface area contributed by atoms with Gasteiger partial charge in [-0.1, -0.05) is 0 Å². The van der Waals surface area contributed by atoms with E-state index in [9.17, 15) is 0 Å². The molecule has 0 heterocycles. The van der Waals surface area contributed by atoms with Gasteiger partial charge in [-0.05, 0) is 11.7 Å². The highest BCUT2D eigenvalue weighted by molar-refractivity contribution is 8.61. The SMILES string of the molecule is O.O.O=S(=O)(O)S. The maximum Gasteiger partial charge on any atom is 0.316 e. The Balaban J connectivity index is -0.0000000800. The van der Waals surface area contributed by atoms with Crippen LogP contribution < -0.4 is 0 Å². The average Bonchev–Trinajstić information content (AvgIpc) is 0.722. The minimum absolute atomic E-state index is 0. The summed E-state index contributed by atoms with van der Waals surface area (Å²) in [4.78, 5) is 0. The molecule has 0 aromatic carbocycles. The summed E-state index contributed by atoms with van der Waals surface area (Å²) < 4.78 is 25.5. The highest BCUT2D eigenvalue weighted by atomic mass is 33.1. The predicted octanol–water partition coefficient (Wildman–Crippen LogP) is -1.93. The van der Waals surface area contributed by atoms with Gasteiger partial charge in [0.2, 0.25) is 0 Å². The first-order chi connectivity index (χ1) is 2.00. The van der Waals surface area contributed by atoms with Gasteiger partial charge >= 0.3 is 9.15 Å². The first-order valence-electron chi connectivity index (χ1n) is 0.698. The standard InChI is InChI=1S/H2O3S2.2H2O/c1-5(2,3)4;;/h(H2,1,2,3,4);2*1H2. The fraction of sp³-hybridized carbons (Fsp3) is 0. The van der Waals surface area contributed by atoms with Crippen LogP contribution in [-0.2, 0) is 9.15 Å². The molecule has 0 radical (unpaired) electrons. The number of hydrogen-bond donors (Lipinski definition) is 2. The van der Waals surface area contributed by atoms with Gasteiger partial charge in [-0.25, -0.2) is 0 Å². The molecule has 7 heteroatoms. The molecule has 0 aromatic heterocycles. The highest BCUT2D eigenvalue weighted by Gasteiger charge is 1.83. The van der Waals surface area contributed by atoms with E-state index in [0.29, 0.717) is 0 Å². The van der Waals surface area contributed by atoms with Crippen molar-refractivity contribution in [3.8, 4) is 0 Å². The molecule has 0 spiro atoms. The van der Waals surface area contributed by atoms with E-state index in [0.717, 1.165) is 0 Å². The zero-order chi connectivity index (χ0) is 4.50. The molecule has 5 nitrogen and oxygen atoms in total. The molecule has 0 atom stereocenters. The van der Waals surface area contributed by atoms with Crippen molar-refractivity contribution in [2.75, 3.05) is 0 Å². The van der Waals surface area contributed by atoms with Gasteiger partial charge in [0.05, 0.1) is 0 Å². The highest BCUT2D eigenvalue weighted by Crippen LogP contribution is 1.81. The van der Waals surface area contributed by atoms with Crippen LogP contribution in [0.2, 0.25) is 0 Å². The monoisotopic (exact) mass is 150 g/mol. The summed E-state index contributed by atoms with van der Waals surface area (Å²) in [7, 11) is -3.97. The van der Waals surface area contributed by atoms with Crippen LogP contribution in [0.1, 0.15) is 0 Å². The van der Waals surface area contributed by atoms with E-state index in [1.807, 2.05) is 0 Å². The van der Waals surface area contributed by atoms with Crippen LogP contribution in [0, 0.1) is 0 Å². The number of thiol groups is 1.